The summed E-state index contributed by atoms with van der Waals surface area (Å²) >= 11 is 0. The summed E-state index contributed by atoms with van der Waals surface area (Å²) in [6.07, 6.45) is 5.16. The Balaban J connectivity index is 1.33. The molecule has 1 saturated carbocycles. The Morgan fingerprint density at radius 2 is 1.84 bits per heavy atom. The van der Waals surface area contributed by atoms with Crippen molar-refractivity contribution in [3.05, 3.63) is 46.0 Å². The number of fused-ring (bicyclic) bond motifs is 1. The maximum atomic E-state index is 10.8. The number of nitrogens with zero attached hydrogens (tertiary/aromatic N) is 3. The summed E-state index contributed by atoms with van der Waals surface area (Å²) in [5.74, 6) is 1.69. The second kappa shape index (κ2) is 6.13. The largest absolute Gasteiger partial charge is 0.369 e. The maximum absolute atomic E-state index is 10.8. The molecule has 1 heterocycles. The number of hydrogen-bond donors (Lipinski definition) is 0. The van der Waals surface area contributed by atoms with Gasteiger partial charge in [0.25, 0.3) is 5.69 Å². The average Bonchev–Trinajstić information content (AvgIpc) is 2.62. The van der Waals surface area contributed by atoms with Crippen molar-refractivity contribution in [2.45, 2.75) is 26.7 Å². The van der Waals surface area contributed by atoms with Crippen LogP contribution in [-0.4, -0.2) is 42.5 Å². The highest BCUT2D eigenvalue weighted by molar-refractivity contribution is 5.51. The molecule has 2 atom stereocenters. The lowest BCUT2D eigenvalue weighted by molar-refractivity contribution is -0.384. The van der Waals surface area contributed by atoms with Gasteiger partial charge in [-0.15, -0.1) is 0 Å². The molecule has 5 heteroatoms. The monoisotopic (exact) mass is 341 g/mol. The quantitative estimate of drug-likeness (QED) is 0.476. The lowest BCUT2D eigenvalue weighted by Gasteiger charge is -2.57. The van der Waals surface area contributed by atoms with E-state index in [1.165, 1.54) is 12.8 Å². The summed E-state index contributed by atoms with van der Waals surface area (Å²) < 4.78 is 0. The zero-order valence-electron chi connectivity index (χ0n) is 15.1. The van der Waals surface area contributed by atoms with Crippen molar-refractivity contribution in [3.8, 4) is 0 Å². The van der Waals surface area contributed by atoms with E-state index in [0.717, 1.165) is 50.2 Å². The molecular weight excluding hydrogens is 314 g/mol. The first-order valence-electron chi connectivity index (χ1n) is 9.36. The van der Waals surface area contributed by atoms with Crippen LogP contribution in [0, 0.1) is 27.4 Å². The number of allylic oxidation sites excluding steroid dienone is 1. The van der Waals surface area contributed by atoms with Gasteiger partial charge in [0.05, 0.1) is 4.92 Å². The summed E-state index contributed by atoms with van der Waals surface area (Å²) in [6, 6.07) is 6.94. The number of nitro benzene ring substituents is 1. The number of anilines is 1. The Kier molecular flexibility index (Phi) is 4.07. The van der Waals surface area contributed by atoms with Gasteiger partial charge in [0, 0.05) is 50.5 Å². The smallest absolute Gasteiger partial charge is 0.269 e. The summed E-state index contributed by atoms with van der Waals surface area (Å²) in [5.41, 5.74) is 3.42. The molecule has 2 fully saturated rings. The molecule has 4 aliphatic rings. The van der Waals surface area contributed by atoms with Crippen molar-refractivity contribution in [1.82, 2.24) is 4.90 Å². The van der Waals surface area contributed by atoms with E-state index in [2.05, 4.69) is 29.7 Å². The third kappa shape index (κ3) is 2.95. The fraction of sp³-hybridized carbons (Fsp3) is 0.600. The van der Waals surface area contributed by atoms with Gasteiger partial charge < -0.3 is 4.90 Å². The minimum absolute atomic E-state index is 0.160. The Bertz CT molecular complexity index is 687. The van der Waals surface area contributed by atoms with Crippen molar-refractivity contribution in [2.75, 3.05) is 37.6 Å². The van der Waals surface area contributed by atoms with Gasteiger partial charge in [-0.3, -0.25) is 15.0 Å². The van der Waals surface area contributed by atoms with E-state index in [0.29, 0.717) is 5.41 Å². The molecule has 134 valence electrons. The molecule has 0 spiro atoms. The molecule has 0 N–H and O–H groups in total. The van der Waals surface area contributed by atoms with Crippen molar-refractivity contribution in [2.24, 2.45) is 17.3 Å². The van der Waals surface area contributed by atoms with E-state index in [4.69, 9.17) is 0 Å². The summed E-state index contributed by atoms with van der Waals surface area (Å²) in [4.78, 5) is 15.3. The predicted molar refractivity (Wildman–Crippen MR) is 99.8 cm³/mol. The minimum Gasteiger partial charge on any atom is -0.369 e. The van der Waals surface area contributed by atoms with Crippen molar-refractivity contribution in [3.63, 3.8) is 0 Å². The molecule has 0 radical (unpaired) electrons. The van der Waals surface area contributed by atoms with Crippen LogP contribution in [0.15, 0.2) is 35.9 Å². The Hall–Kier alpha value is -1.88. The van der Waals surface area contributed by atoms with E-state index in [1.807, 2.05) is 12.1 Å². The maximum Gasteiger partial charge on any atom is 0.269 e. The van der Waals surface area contributed by atoms with E-state index in [1.54, 1.807) is 17.7 Å². The normalized spacial score (nSPS) is 28.2. The number of rotatable bonds is 4. The van der Waals surface area contributed by atoms with Crippen LogP contribution >= 0.6 is 0 Å². The fourth-order valence-electron chi connectivity index (χ4n) is 4.86. The van der Waals surface area contributed by atoms with E-state index >= 15 is 0 Å². The van der Waals surface area contributed by atoms with Gasteiger partial charge in [-0.1, -0.05) is 25.5 Å². The van der Waals surface area contributed by atoms with Crippen LogP contribution < -0.4 is 4.90 Å². The number of piperazine rings is 1. The number of non-ortho nitro benzene ring substituents is 1. The Morgan fingerprint density at radius 3 is 2.40 bits per heavy atom. The van der Waals surface area contributed by atoms with Gasteiger partial charge in [-0.2, -0.15) is 0 Å². The van der Waals surface area contributed by atoms with Gasteiger partial charge in [0.1, 0.15) is 0 Å². The van der Waals surface area contributed by atoms with E-state index < -0.39 is 0 Å². The molecule has 25 heavy (non-hydrogen) atoms. The highest BCUT2D eigenvalue weighted by Crippen LogP contribution is 2.59. The van der Waals surface area contributed by atoms with E-state index in [9.17, 15) is 10.1 Å². The van der Waals surface area contributed by atoms with Crippen LogP contribution in [0.5, 0.6) is 0 Å². The summed E-state index contributed by atoms with van der Waals surface area (Å²) in [5, 5.41) is 10.8. The van der Waals surface area contributed by atoms with Crippen molar-refractivity contribution >= 4 is 11.4 Å². The number of benzene rings is 1. The van der Waals surface area contributed by atoms with Crippen LogP contribution in [0.2, 0.25) is 0 Å². The van der Waals surface area contributed by atoms with Crippen LogP contribution in [0.1, 0.15) is 26.7 Å². The molecule has 5 rings (SSSR count). The zero-order valence-corrected chi connectivity index (χ0v) is 15.1. The second-order valence-corrected chi connectivity index (χ2v) is 8.36. The highest BCUT2D eigenvalue weighted by Gasteiger charge is 2.51. The Morgan fingerprint density at radius 1 is 1.16 bits per heavy atom. The van der Waals surface area contributed by atoms with E-state index in [-0.39, 0.29) is 10.6 Å². The predicted octanol–water partition coefficient (Wildman–Crippen LogP) is 3.71. The first-order chi connectivity index (χ1) is 11.9. The molecule has 1 aromatic rings. The third-order valence-corrected chi connectivity index (χ3v) is 6.79. The lowest BCUT2D eigenvalue weighted by Crippen LogP contribution is -2.52. The number of nitro groups is 1. The summed E-state index contributed by atoms with van der Waals surface area (Å²) in [6.45, 7) is 10.1. The molecule has 5 nitrogen and oxygen atoms in total. The zero-order chi connectivity index (χ0) is 17.6. The molecule has 0 aromatic heterocycles. The van der Waals surface area contributed by atoms with Gasteiger partial charge in [-0.25, -0.2) is 0 Å². The average molecular weight is 341 g/mol. The van der Waals surface area contributed by atoms with Crippen molar-refractivity contribution in [1.29, 1.82) is 0 Å². The minimum atomic E-state index is -0.341. The topological polar surface area (TPSA) is 49.6 Å². The first kappa shape index (κ1) is 16.6. The standard InChI is InChI=1S/C20H27N3O2/c1-20(2)16-4-3-15(19(20)13-16)14-21-9-11-22(12-10-21)17-5-7-18(8-6-17)23(24)25/h3,5-8,16,19H,4,9-14H2,1-2H3/t16-,19+/m0/s1. The van der Waals surface area contributed by atoms with Gasteiger partial charge in [0.2, 0.25) is 0 Å². The van der Waals surface area contributed by atoms with Crippen LogP contribution in [0.25, 0.3) is 0 Å². The SMILES string of the molecule is CC1(C)[C@H]2CC=C(CN3CCN(c4ccc([N+](=O)[O-])cc4)CC3)[C@H]1C2. The van der Waals surface area contributed by atoms with Gasteiger partial charge in [-0.05, 0) is 42.2 Å². The third-order valence-electron chi connectivity index (χ3n) is 6.79. The molecule has 1 aliphatic heterocycles. The van der Waals surface area contributed by atoms with Crippen LogP contribution in [0.4, 0.5) is 11.4 Å². The fourth-order valence-corrected chi connectivity index (χ4v) is 4.86. The molecule has 3 aliphatic carbocycles. The molecule has 2 bridgehead atoms. The molecular formula is C20H27N3O2. The van der Waals surface area contributed by atoms with Crippen LogP contribution in [-0.2, 0) is 0 Å². The molecule has 0 unspecified atom stereocenters. The highest BCUT2D eigenvalue weighted by atomic mass is 16.6. The van der Waals surface area contributed by atoms with Crippen LogP contribution in [0.3, 0.4) is 0 Å². The summed E-state index contributed by atoms with van der Waals surface area (Å²) in [7, 11) is 0. The molecule has 1 saturated heterocycles. The number of hydrogen-bond acceptors (Lipinski definition) is 4. The first-order valence-corrected chi connectivity index (χ1v) is 9.36. The second-order valence-electron chi connectivity index (χ2n) is 8.36. The molecule has 0 amide bonds. The lowest BCUT2D eigenvalue weighted by atomic mass is 9.49. The van der Waals surface area contributed by atoms with Gasteiger partial charge in [0.15, 0.2) is 0 Å². The Labute approximate surface area is 149 Å². The molecule has 1 aromatic carbocycles. The van der Waals surface area contributed by atoms with Gasteiger partial charge >= 0.3 is 0 Å². The van der Waals surface area contributed by atoms with Crippen molar-refractivity contribution < 1.29 is 4.92 Å².